The molecular weight excluding hydrogens is 429 g/mol. The maximum absolute atomic E-state index is 11.6. The fourth-order valence-corrected chi connectivity index (χ4v) is 3.10. The van der Waals surface area contributed by atoms with Crippen LogP contribution in [0.4, 0.5) is 0 Å². The van der Waals surface area contributed by atoms with Gasteiger partial charge in [0.15, 0.2) is 5.96 Å². The van der Waals surface area contributed by atoms with E-state index in [4.69, 9.17) is 0 Å². The van der Waals surface area contributed by atoms with E-state index in [-0.39, 0.29) is 29.9 Å². The fraction of sp³-hybridized carbons (Fsp3) is 0.889. The van der Waals surface area contributed by atoms with Gasteiger partial charge in [0.2, 0.25) is 5.91 Å². The molecule has 1 rings (SSSR count). The summed E-state index contributed by atoms with van der Waals surface area (Å²) in [5.74, 6) is 0.908. The number of carbonyl (C=O) groups is 1. The Hall–Kier alpha value is -0.570. The predicted molar refractivity (Wildman–Crippen MR) is 117 cm³/mol. The number of guanidine groups is 1. The highest BCUT2D eigenvalue weighted by atomic mass is 127. The zero-order valence-electron chi connectivity index (χ0n) is 16.3. The highest BCUT2D eigenvalue weighted by Gasteiger charge is 2.19. The lowest BCUT2D eigenvalue weighted by Crippen LogP contribution is -2.42. The molecule has 7 heteroatoms. The van der Waals surface area contributed by atoms with Gasteiger partial charge < -0.3 is 16.0 Å². The molecule has 0 radical (unpaired) electrons. The van der Waals surface area contributed by atoms with E-state index in [0.29, 0.717) is 13.0 Å². The molecule has 1 aliphatic heterocycles. The van der Waals surface area contributed by atoms with E-state index < -0.39 is 0 Å². The number of likely N-dealkylation sites (tertiary alicyclic amines) is 1. The number of rotatable bonds is 10. The first kappa shape index (κ1) is 24.4. The first-order chi connectivity index (χ1) is 11.7. The summed E-state index contributed by atoms with van der Waals surface area (Å²) in [7, 11) is 0. The van der Waals surface area contributed by atoms with Crippen LogP contribution in [0.1, 0.15) is 59.3 Å². The number of hydrogen-bond donors (Lipinski definition) is 3. The molecule has 1 fully saturated rings. The molecule has 0 aromatic carbocycles. The SMILES string of the molecule is CCCNC(=O)CCNC(=NCCN1CCCCC1CC)NCC.I. The first-order valence-electron chi connectivity index (χ1n) is 9.74. The van der Waals surface area contributed by atoms with E-state index in [2.05, 4.69) is 46.6 Å². The number of carbonyl (C=O) groups excluding carboxylic acids is 1. The zero-order chi connectivity index (χ0) is 17.6. The Labute approximate surface area is 171 Å². The molecule has 1 aliphatic rings. The van der Waals surface area contributed by atoms with Crippen molar-refractivity contribution in [3.8, 4) is 0 Å². The Kier molecular flexibility index (Phi) is 15.3. The van der Waals surface area contributed by atoms with Crippen molar-refractivity contribution in [2.24, 2.45) is 4.99 Å². The normalized spacial score (nSPS) is 18.4. The van der Waals surface area contributed by atoms with Crippen molar-refractivity contribution in [1.82, 2.24) is 20.9 Å². The van der Waals surface area contributed by atoms with Gasteiger partial charge in [-0.2, -0.15) is 0 Å². The third kappa shape index (κ3) is 10.9. The van der Waals surface area contributed by atoms with E-state index in [1.165, 1.54) is 32.2 Å². The molecule has 0 aliphatic carbocycles. The third-order valence-corrected chi connectivity index (χ3v) is 4.44. The fourth-order valence-electron chi connectivity index (χ4n) is 3.10. The molecule has 0 saturated carbocycles. The molecule has 0 aromatic heterocycles. The number of piperidine rings is 1. The summed E-state index contributed by atoms with van der Waals surface area (Å²) in [6.45, 7) is 11.6. The summed E-state index contributed by atoms with van der Waals surface area (Å²) in [4.78, 5) is 18.8. The van der Waals surface area contributed by atoms with Gasteiger partial charge in [0, 0.05) is 38.6 Å². The summed E-state index contributed by atoms with van der Waals surface area (Å²) in [6, 6.07) is 0.728. The van der Waals surface area contributed by atoms with Crippen LogP contribution in [0.25, 0.3) is 0 Å². The molecule has 6 nitrogen and oxygen atoms in total. The number of halogens is 1. The molecule has 1 saturated heterocycles. The maximum Gasteiger partial charge on any atom is 0.221 e. The second-order valence-electron chi connectivity index (χ2n) is 6.38. The smallest absolute Gasteiger partial charge is 0.221 e. The van der Waals surface area contributed by atoms with Crippen LogP contribution in [-0.2, 0) is 4.79 Å². The van der Waals surface area contributed by atoms with Crippen molar-refractivity contribution in [1.29, 1.82) is 0 Å². The average molecular weight is 467 g/mol. The highest BCUT2D eigenvalue weighted by molar-refractivity contribution is 14.0. The Balaban J connectivity index is 0.00000576. The summed E-state index contributed by atoms with van der Waals surface area (Å²) in [6.07, 6.45) is 6.68. The van der Waals surface area contributed by atoms with E-state index in [9.17, 15) is 4.79 Å². The van der Waals surface area contributed by atoms with Crippen LogP contribution in [0.5, 0.6) is 0 Å². The van der Waals surface area contributed by atoms with Gasteiger partial charge in [0.25, 0.3) is 0 Å². The van der Waals surface area contributed by atoms with E-state index in [1.54, 1.807) is 0 Å². The quantitative estimate of drug-likeness (QED) is 0.262. The Bertz CT molecular complexity index is 378. The van der Waals surface area contributed by atoms with Gasteiger partial charge in [-0.15, -0.1) is 24.0 Å². The molecular formula is C18H38IN5O. The van der Waals surface area contributed by atoms with Crippen molar-refractivity contribution in [3.63, 3.8) is 0 Å². The van der Waals surface area contributed by atoms with Crippen LogP contribution in [0.15, 0.2) is 4.99 Å². The third-order valence-electron chi connectivity index (χ3n) is 4.44. The lowest BCUT2D eigenvalue weighted by Gasteiger charge is -2.34. The molecule has 25 heavy (non-hydrogen) atoms. The molecule has 1 atom stereocenters. The van der Waals surface area contributed by atoms with Gasteiger partial charge >= 0.3 is 0 Å². The number of nitrogens with zero attached hydrogens (tertiary/aromatic N) is 2. The van der Waals surface area contributed by atoms with Crippen LogP contribution < -0.4 is 16.0 Å². The van der Waals surface area contributed by atoms with Crippen LogP contribution in [-0.4, -0.2) is 62.1 Å². The van der Waals surface area contributed by atoms with Crippen LogP contribution in [0.2, 0.25) is 0 Å². The monoisotopic (exact) mass is 467 g/mol. The van der Waals surface area contributed by atoms with Crippen molar-refractivity contribution in [2.45, 2.75) is 65.3 Å². The summed E-state index contributed by atoms with van der Waals surface area (Å²) in [5.41, 5.74) is 0. The number of nitrogens with one attached hydrogen (secondary N) is 3. The summed E-state index contributed by atoms with van der Waals surface area (Å²) >= 11 is 0. The standard InChI is InChI=1S/C18H37N5O.HI/c1-4-11-20-17(24)10-12-21-18(19-6-3)22-13-15-23-14-8-7-9-16(23)5-2;/h16H,4-15H2,1-3H3,(H,20,24)(H2,19,21,22);1H. The minimum absolute atomic E-state index is 0. The summed E-state index contributed by atoms with van der Waals surface area (Å²) < 4.78 is 0. The largest absolute Gasteiger partial charge is 0.357 e. The minimum atomic E-state index is 0. The molecule has 0 spiro atoms. The minimum Gasteiger partial charge on any atom is -0.357 e. The summed E-state index contributed by atoms with van der Waals surface area (Å²) in [5, 5.41) is 9.39. The molecule has 1 amide bonds. The Morgan fingerprint density at radius 2 is 1.92 bits per heavy atom. The number of hydrogen-bond acceptors (Lipinski definition) is 3. The van der Waals surface area contributed by atoms with E-state index >= 15 is 0 Å². The highest BCUT2D eigenvalue weighted by Crippen LogP contribution is 2.18. The lowest BCUT2D eigenvalue weighted by atomic mass is 10.0. The van der Waals surface area contributed by atoms with Gasteiger partial charge in [-0.1, -0.05) is 20.3 Å². The van der Waals surface area contributed by atoms with Gasteiger partial charge in [-0.3, -0.25) is 14.7 Å². The van der Waals surface area contributed by atoms with Crippen molar-refractivity contribution in [2.75, 3.05) is 39.3 Å². The van der Waals surface area contributed by atoms with E-state index in [0.717, 1.165) is 44.6 Å². The number of amides is 1. The molecule has 3 N–H and O–H groups in total. The second-order valence-corrected chi connectivity index (χ2v) is 6.38. The zero-order valence-corrected chi connectivity index (χ0v) is 18.6. The van der Waals surface area contributed by atoms with E-state index in [1.807, 2.05) is 0 Å². The maximum atomic E-state index is 11.6. The number of aliphatic imine (C=N–C) groups is 1. The topological polar surface area (TPSA) is 68.8 Å². The molecule has 1 unspecified atom stereocenters. The van der Waals surface area contributed by atoms with Crippen molar-refractivity contribution >= 4 is 35.8 Å². The van der Waals surface area contributed by atoms with Gasteiger partial charge in [0.05, 0.1) is 6.54 Å². The molecule has 0 bridgehead atoms. The predicted octanol–water partition coefficient (Wildman–Crippen LogP) is 2.34. The molecule has 0 aromatic rings. The Morgan fingerprint density at radius 1 is 1.12 bits per heavy atom. The molecule has 148 valence electrons. The lowest BCUT2D eigenvalue weighted by molar-refractivity contribution is -0.120. The Morgan fingerprint density at radius 3 is 2.60 bits per heavy atom. The second kappa shape index (κ2) is 15.7. The molecule has 1 heterocycles. The van der Waals surface area contributed by atoms with Crippen LogP contribution in [0.3, 0.4) is 0 Å². The van der Waals surface area contributed by atoms with Gasteiger partial charge in [-0.05, 0) is 39.2 Å². The van der Waals surface area contributed by atoms with Gasteiger partial charge in [0.1, 0.15) is 0 Å². The van der Waals surface area contributed by atoms with Gasteiger partial charge in [-0.25, -0.2) is 0 Å². The van der Waals surface area contributed by atoms with Crippen molar-refractivity contribution in [3.05, 3.63) is 0 Å². The van der Waals surface area contributed by atoms with Crippen LogP contribution >= 0.6 is 24.0 Å². The van der Waals surface area contributed by atoms with Crippen LogP contribution in [0, 0.1) is 0 Å². The average Bonchev–Trinajstić information content (AvgIpc) is 2.60. The van der Waals surface area contributed by atoms with Crippen molar-refractivity contribution < 1.29 is 4.79 Å². The first-order valence-corrected chi connectivity index (χ1v) is 9.74.